The maximum absolute atomic E-state index is 12.9. The molecule has 4 rings (SSSR count). The first kappa shape index (κ1) is 17.1. The fourth-order valence-corrected chi connectivity index (χ4v) is 4.19. The van der Waals surface area contributed by atoms with Gasteiger partial charge >= 0.3 is 5.69 Å². The van der Waals surface area contributed by atoms with Crippen molar-refractivity contribution in [2.45, 2.75) is 42.8 Å². The van der Waals surface area contributed by atoms with Gasteiger partial charge in [-0.15, -0.1) is 5.10 Å². The Hall–Kier alpha value is -2.32. The van der Waals surface area contributed by atoms with Gasteiger partial charge in [-0.25, -0.2) is 9.89 Å². The van der Waals surface area contributed by atoms with Gasteiger partial charge in [0, 0.05) is 29.3 Å². The highest BCUT2D eigenvalue weighted by Gasteiger charge is 2.24. The molecule has 2 unspecified atom stereocenters. The monoisotopic (exact) mass is 372 g/mol. The van der Waals surface area contributed by atoms with Crippen LogP contribution in [0.1, 0.15) is 30.1 Å². The normalized spacial score (nSPS) is 18.4. The summed E-state index contributed by atoms with van der Waals surface area (Å²) in [6.07, 6.45) is 3.72. The number of hydrogen-bond acceptors (Lipinski definition) is 5. The number of ether oxygens (including phenoxy) is 1. The second-order valence-electron chi connectivity index (χ2n) is 6.43. The summed E-state index contributed by atoms with van der Waals surface area (Å²) in [5.74, 6) is 0.00608. The van der Waals surface area contributed by atoms with Gasteiger partial charge in [0.2, 0.25) is 0 Å². The lowest BCUT2D eigenvalue weighted by molar-refractivity contribution is 0.0941. The molecule has 1 aliphatic rings. The van der Waals surface area contributed by atoms with Gasteiger partial charge in [0.1, 0.15) is 0 Å². The van der Waals surface area contributed by atoms with Gasteiger partial charge in [-0.3, -0.25) is 9.36 Å². The first-order valence-electron chi connectivity index (χ1n) is 8.67. The molecular weight excluding hydrogens is 352 g/mol. The maximum atomic E-state index is 12.9. The minimum absolute atomic E-state index is 0.00608. The van der Waals surface area contributed by atoms with Crippen LogP contribution >= 0.6 is 11.8 Å². The lowest BCUT2D eigenvalue weighted by Crippen LogP contribution is -2.25. The van der Waals surface area contributed by atoms with Crippen molar-refractivity contribution >= 4 is 28.4 Å². The number of aromatic nitrogens is 4. The van der Waals surface area contributed by atoms with Gasteiger partial charge in [-0.1, -0.05) is 30.0 Å². The summed E-state index contributed by atoms with van der Waals surface area (Å²) in [5, 5.41) is 7.64. The maximum Gasteiger partial charge on any atom is 0.344 e. The van der Waals surface area contributed by atoms with E-state index in [0.717, 1.165) is 30.4 Å². The number of rotatable bonds is 6. The van der Waals surface area contributed by atoms with Crippen LogP contribution in [0.2, 0.25) is 0 Å². The predicted molar refractivity (Wildman–Crippen MR) is 99.8 cm³/mol. The molecule has 1 aliphatic heterocycles. The topological polar surface area (TPSA) is 92.8 Å². The van der Waals surface area contributed by atoms with E-state index in [0.29, 0.717) is 17.3 Å². The molecule has 0 amide bonds. The number of para-hydroxylation sites is 1. The third-order valence-corrected chi connectivity index (χ3v) is 5.73. The molecule has 0 aliphatic carbocycles. The van der Waals surface area contributed by atoms with E-state index < -0.39 is 0 Å². The number of thioether (sulfide) groups is 1. The van der Waals surface area contributed by atoms with E-state index in [4.69, 9.17) is 4.74 Å². The van der Waals surface area contributed by atoms with Crippen molar-refractivity contribution in [2.75, 3.05) is 6.61 Å². The Morgan fingerprint density at radius 1 is 1.46 bits per heavy atom. The van der Waals surface area contributed by atoms with E-state index in [1.54, 1.807) is 10.8 Å². The average Bonchev–Trinajstić information content (AvgIpc) is 3.37. The van der Waals surface area contributed by atoms with Gasteiger partial charge in [0.25, 0.3) is 0 Å². The smallest absolute Gasteiger partial charge is 0.344 e. The van der Waals surface area contributed by atoms with E-state index in [2.05, 4.69) is 15.2 Å². The van der Waals surface area contributed by atoms with Crippen LogP contribution in [-0.2, 0) is 11.3 Å². The minimum Gasteiger partial charge on any atom is -0.376 e. The van der Waals surface area contributed by atoms with Crippen molar-refractivity contribution in [2.24, 2.45) is 0 Å². The second-order valence-corrected chi connectivity index (χ2v) is 7.74. The summed E-state index contributed by atoms with van der Waals surface area (Å²) in [7, 11) is 0. The van der Waals surface area contributed by atoms with Crippen molar-refractivity contribution in [1.29, 1.82) is 0 Å². The number of carbonyl (C=O) groups is 1. The summed E-state index contributed by atoms with van der Waals surface area (Å²) >= 11 is 1.29. The zero-order valence-corrected chi connectivity index (χ0v) is 15.2. The van der Waals surface area contributed by atoms with Crippen LogP contribution in [0, 0.1) is 0 Å². The summed E-state index contributed by atoms with van der Waals surface area (Å²) < 4.78 is 7.18. The molecule has 3 heterocycles. The van der Waals surface area contributed by atoms with Gasteiger partial charge < -0.3 is 9.72 Å². The molecule has 1 aromatic carbocycles. The zero-order valence-electron chi connectivity index (χ0n) is 14.4. The second kappa shape index (κ2) is 7.13. The van der Waals surface area contributed by atoms with Crippen LogP contribution in [0.5, 0.6) is 0 Å². The van der Waals surface area contributed by atoms with E-state index in [1.807, 2.05) is 31.2 Å². The Balaban J connectivity index is 1.53. The SMILES string of the molecule is CC(Sc1n[nH]c(=O)n1CC1CCCO1)C(=O)c1c[nH]c2ccccc12. The lowest BCUT2D eigenvalue weighted by Gasteiger charge is -2.13. The minimum atomic E-state index is -0.368. The van der Waals surface area contributed by atoms with Crippen LogP contribution < -0.4 is 5.69 Å². The Labute approximate surface area is 154 Å². The molecule has 1 fully saturated rings. The molecule has 8 heteroatoms. The number of H-pyrrole nitrogens is 2. The summed E-state index contributed by atoms with van der Waals surface area (Å²) in [6, 6.07) is 7.71. The largest absolute Gasteiger partial charge is 0.376 e. The lowest BCUT2D eigenvalue weighted by atomic mass is 10.1. The van der Waals surface area contributed by atoms with Crippen LogP contribution in [0.3, 0.4) is 0 Å². The molecule has 2 aromatic heterocycles. The highest BCUT2D eigenvalue weighted by molar-refractivity contribution is 8.00. The van der Waals surface area contributed by atoms with Crippen LogP contribution in [-0.4, -0.2) is 43.5 Å². The molecule has 26 heavy (non-hydrogen) atoms. The Kier molecular flexibility index (Phi) is 4.69. The first-order chi connectivity index (χ1) is 12.6. The molecule has 2 N–H and O–H groups in total. The van der Waals surface area contributed by atoms with E-state index in [9.17, 15) is 9.59 Å². The highest BCUT2D eigenvalue weighted by Crippen LogP contribution is 2.27. The number of benzene rings is 1. The Morgan fingerprint density at radius 3 is 3.12 bits per heavy atom. The summed E-state index contributed by atoms with van der Waals surface area (Å²) in [5.41, 5.74) is 1.32. The predicted octanol–water partition coefficient (Wildman–Crippen LogP) is 2.60. The van der Waals surface area contributed by atoms with Crippen molar-refractivity contribution in [1.82, 2.24) is 19.7 Å². The van der Waals surface area contributed by atoms with Crippen LogP contribution in [0.4, 0.5) is 0 Å². The number of nitrogens with zero attached hydrogens (tertiary/aromatic N) is 2. The van der Waals surface area contributed by atoms with Crippen molar-refractivity contribution in [3.63, 3.8) is 0 Å². The summed E-state index contributed by atoms with van der Waals surface area (Å²) in [6.45, 7) is 3.03. The average molecular weight is 372 g/mol. The highest BCUT2D eigenvalue weighted by atomic mass is 32.2. The number of carbonyl (C=O) groups excluding carboxylic acids is 1. The first-order valence-corrected chi connectivity index (χ1v) is 9.55. The van der Waals surface area contributed by atoms with Crippen molar-refractivity contribution < 1.29 is 9.53 Å². The number of nitrogens with one attached hydrogen (secondary N) is 2. The Bertz CT molecular complexity index is 984. The van der Waals surface area contributed by atoms with E-state index in [1.165, 1.54) is 11.8 Å². The van der Waals surface area contributed by atoms with Crippen LogP contribution in [0.15, 0.2) is 40.4 Å². The number of aromatic amines is 2. The molecular formula is C18H20N4O3S. The molecule has 2 atom stereocenters. The third kappa shape index (κ3) is 3.22. The van der Waals surface area contributed by atoms with Gasteiger partial charge in [0.15, 0.2) is 10.9 Å². The fourth-order valence-electron chi connectivity index (χ4n) is 3.25. The molecule has 3 aromatic rings. The van der Waals surface area contributed by atoms with Crippen molar-refractivity contribution in [3.8, 4) is 0 Å². The zero-order chi connectivity index (χ0) is 18.1. The Morgan fingerprint density at radius 2 is 2.31 bits per heavy atom. The number of fused-ring (bicyclic) bond motifs is 1. The van der Waals surface area contributed by atoms with Crippen molar-refractivity contribution in [3.05, 3.63) is 46.5 Å². The molecule has 7 nitrogen and oxygen atoms in total. The molecule has 1 saturated heterocycles. The standard InChI is InChI=1S/C18H20N4O3S/c1-11(16(23)14-9-19-15-7-3-2-6-13(14)15)26-18-21-20-17(24)22(18)10-12-5-4-8-25-12/h2-3,6-7,9,11-12,19H,4-5,8,10H2,1H3,(H,20,24). The molecule has 0 radical (unpaired) electrons. The fraction of sp³-hybridized carbons (Fsp3) is 0.389. The molecule has 0 spiro atoms. The number of ketones is 1. The van der Waals surface area contributed by atoms with Crippen LogP contribution in [0.25, 0.3) is 10.9 Å². The summed E-state index contributed by atoms with van der Waals surface area (Å²) in [4.78, 5) is 28.1. The van der Waals surface area contributed by atoms with Gasteiger partial charge in [-0.2, -0.15) is 0 Å². The number of Topliss-reactive ketones (excluding diaryl/α,β-unsaturated/α-hetero) is 1. The molecule has 0 saturated carbocycles. The van der Waals surface area contributed by atoms with E-state index >= 15 is 0 Å². The van der Waals surface area contributed by atoms with E-state index in [-0.39, 0.29) is 22.8 Å². The van der Waals surface area contributed by atoms with Gasteiger partial charge in [-0.05, 0) is 25.8 Å². The number of hydrogen-bond donors (Lipinski definition) is 2. The van der Waals surface area contributed by atoms with Gasteiger partial charge in [0.05, 0.1) is 17.9 Å². The molecule has 0 bridgehead atoms. The molecule has 136 valence electrons. The third-order valence-electron chi connectivity index (χ3n) is 4.64. The quantitative estimate of drug-likeness (QED) is 0.512.